The molecule has 0 amide bonds. The van der Waals surface area contributed by atoms with Crippen molar-refractivity contribution in [3.8, 4) is 5.75 Å². The van der Waals surface area contributed by atoms with E-state index in [9.17, 15) is 4.39 Å². The van der Waals surface area contributed by atoms with Crippen LogP contribution in [0.1, 0.15) is 4.88 Å². The van der Waals surface area contributed by atoms with E-state index < -0.39 is 0 Å². The summed E-state index contributed by atoms with van der Waals surface area (Å²) < 4.78 is 17.9. The summed E-state index contributed by atoms with van der Waals surface area (Å²) in [6.07, 6.45) is 1.66. The smallest absolute Gasteiger partial charge is 0.151 e. The molecule has 0 fully saturated rings. The molecule has 0 saturated heterocycles. The molecule has 0 N–H and O–H groups in total. The monoisotopic (exact) mass is 265 g/mol. The summed E-state index contributed by atoms with van der Waals surface area (Å²) in [5, 5.41) is 5.78. The Morgan fingerprint density at radius 2 is 2.00 bits per heavy atom. The highest BCUT2D eigenvalue weighted by Gasteiger charge is 1.94. The van der Waals surface area contributed by atoms with Crippen LogP contribution in [0, 0.1) is 5.82 Å². The molecule has 18 heavy (non-hydrogen) atoms. The second-order valence-electron chi connectivity index (χ2n) is 3.39. The Labute approximate surface area is 108 Å². The molecular formula is C13H12FNO2S. The fourth-order valence-corrected chi connectivity index (χ4v) is 1.81. The van der Waals surface area contributed by atoms with Crippen LogP contribution in [0.5, 0.6) is 5.75 Å². The summed E-state index contributed by atoms with van der Waals surface area (Å²) in [7, 11) is 0. The summed E-state index contributed by atoms with van der Waals surface area (Å²) >= 11 is 1.59. The lowest BCUT2D eigenvalue weighted by molar-refractivity contribution is 0.108. The van der Waals surface area contributed by atoms with E-state index in [4.69, 9.17) is 9.57 Å². The van der Waals surface area contributed by atoms with Gasteiger partial charge in [-0.2, -0.15) is 0 Å². The topological polar surface area (TPSA) is 30.8 Å². The van der Waals surface area contributed by atoms with Crippen molar-refractivity contribution >= 4 is 17.6 Å². The van der Waals surface area contributed by atoms with Crippen molar-refractivity contribution in [1.29, 1.82) is 0 Å². The first-order valence-electron chi connectivity index (χ1n) is 5.42. The van der Waals surface area contributed by atoms with E-state index in [1.165, 1.54) is 12.1 Å². The normalized spacial score (nSPS) is 10.7. The molecule has 0 saturated carbocycles. The van der Waals surface area contributed by atoms with E-state index in [0.717, 1.165) is 4.88 Å². The molecule has 1 aromatic carbocycles. The minimum atomic E-state index is -0.279. The van der Waals surface area contributed by atoms with Crippen LogP contribution in [0.3, 0.4) is 0 Å². The van der Waals surface area contributed by atoms with Crippen LogP contribution in [0.25, 0.3) is 0 Å². The van der Waals surface area contributed by atoms with E-state index >= 15 is 0 Å². The Morgan fingerprint density at radius 1 is 1.17 bits per heavy atom. The summed E-state index contributed by atoms with van der Waals surface area (Å²) in [6, 6.07) is 9.75. The average Bonchev–Trinajstić information content (AvgIpc) is 2.89. The SMILES string of the molecule is Fc1ccc(OCCO/N=C/c2cccs2)cc1. The molecule has 5 heteroatoms. The molecule has 0 atom stereocenters. The predicted octanol–water partition coefficient (Wildman–Crippen LogP) is 3.32. The van der Waals surface area contributed by atoms with Crippen molar-refractivity contribution in [3.63, 3.8) is 0 Å². The third-order valence-electron chi connectivity index (χ3n) is 2.05. The van der Waals surface area contributed by atoms with Gasteiger partial charge in [0.25, 0.3) is 0 Å². The number of thiophene rings is 1. The Bertz CT molecular complexity index is 482. The molecule has 2 aromatic rings. The highest BCUT2D eigenvalue weighted by molar-refractivity contribution is 7.11. The van der Waals surface area contributed by atoms with Crippen LogP contribution in [-0.4, -0.2) is 19.4 Å². The molecule has 0 bridgehead atoms. The molecule has 0 aliphatic carbocycles. The molecule has 3 nitrogen and oxygen atoms in total. The maximum atomic E-state index is 12.6. The van der Waals surface area contributed by atoms with Gasteiger partial charge >= 0.3 is 0 Å². The van der Waals surface area contributed by atoms with Crippen LogP contribution < -0.4 is 4.74 Å². The number of nitrogens with zero attached hydrogens (tertiary/aromatic N) is 1. The van der Waals surface area contributed by atoms with Crippen molar-refractivity contribution in [2.24, 2.45) is 5.16 Å². The maximum absolute atomic E-state index is 12.6. The number of rotatable bonds is 6. The molecule has 0 unspecified atom stereocenters. The lowest BCUT2D eigenvalue weighted by atomic mass is 10.3. The molecule has 94 valence electrons. The Kier molecular flexibility index (Phi) is 4.72. The van der Waals surface area contributed by atoms with Gasteiger partial charge in [-0.3, -0.25) is 0 Å². The minimum Gasteiger partial charge on any atom is -0.490 e. The maximum Gasteiger partial charge on any atom is 0.151 e. The van der Waals surface area contributed by atoms with Crippen LogP contribution in [0.2, 0.25) is 0 Å². The van der Waals surface area contributed by atoms with Gasteiger partial charge in [0.05, 0.1) is 6.21 Å². The third-order valence-corrected chi connectivity index (χ3v) is 2.86. The number of hydrogen-bond donors (Lipinski definition) is 0. The first-order valence-corrected chi connectivity index (χ1v) is 6.30. The van der Waals surface area contributed by atoms with Gasteiger partial charge < -0.3 is 9.57 Å². The minimum absolute atomic E-state index is 0.279. The van der Waals surface area contributed by atoms with Gasteiger partial charge in [0, 0.05) is 4.88 Å². The number of ether oxygens (including phenoxy) is 1. The van der Waals surface area contributed by atoms with Gasteiger partial charge in [0.1, 0.15) is 18.2 Å². The summed E-state index contributed by atoms with van der Waals surface area (Å²) in [4.78, 5) is 6.07. The van der Waals surface area contributed by atoms with Gasteiger partial charge in [-0.25, -0.2) is 4.39 Å². The Balaban J connectivity index is 1.63. The molecule has 2 rings (SSSR count). The number of hydrogen-bond acceptors (Lipinski definition) is 4. The van der Waals surface area contributed by atoms with Crippen molar-refractivity contribution < 1.29 is 14.0 Å². The zero-order valence-corrected chi connectivity index (χ0v) is 10.4. The molecule has 1 heterocycles. The molecule has 1 aromatic heterocycles. The fraction of sp³-hybridized carbons (Fsp3) is 0.154. The standard InChI is InChI=1S/C13H12FNO2S/c14-11-3-5-12(6-4-11)16-7-8-17-15-10-13-2-1-9-18-13/h1-6,9-10H,7-8H2/b15-10+. The Morgan fingerprint density at radius 3 is 2.72 bits per heavy atom. The third kappa shape index (κ3) is 4.18. The highest BCUT2D eigenvalue weighted by atomic mass is 32.1. The fourth-order valence-electron chi connectivity index (χ4n) is 1.23. The Hall–Kier alpha value is -1.88. The lowest BCUT2D eigenvalue weighted by Gasteiger charge is -2.04. The van der Waals surface area contributed by atoms with Crippen molar-refractivity contribution in [1.82, 2.24) is 0 Å². The second-order valence-corrected chi connectivity index (χ2v) is 4.36. The molecule has 0 spiro atoms. The predicted molar refractivity (Wildman–Crippen MR) is 69.8 cm³/mol. The van der Waals surface area contributed by atoms with E-state index in [2.05, 4.69) is 5.16 Å². The zero-order chi connectivity index (χ0) is 12.6. The summed E-state index contributed by atoms with van der Waals surface area (Å²) in [6.45, 7) is 0.715. The van der Waals surface area contributed by atoms with Gasteiger partial charge in [-0.1, -0.05) is 11.2 Å². The van der Waals surface area contributed by atoms with Gasteiger partial charge in [-0.05, 0) is 35.7 Å². The first-order chi connectivity index (χ1) is 8.84. The highest BCUT2D eigenvalue weighted by Crippen LogP contribution is 2.10. The van der Waals surface area contributed by atoms with E-state index in [1.54, 1.807) is 29.7 Å². The van der Waals surface area contributed by atoms with E-state index in [1.807, 2.05) is 17.5 Å². The summed E-state index contributed by atoms with van der Waals surface area (Å²) in [5.41, 5.74) is 0. The molecular weight excluding hydrogens is 253 g/mol. The van der Waals surface area contributed by atoms with Crippen LogP contribution >= 0.6 is 11.3 Å². The largest absolute Gasteiger partial charge is 0.490 e. The van der Waals surface area contributed by atoms with Gasteiger partial charge in [0.2, 0.25) is 0 Å². The molecule has 0 aliphatic rings. The van der Waals surface area contributed by atoms with Crippen LogP contribution in [-0.2, 0) is 4.84 Å². The average molecular weight is 265 g/mol. The van der Waals surface area contributed by atoms with Crippen molar-refractivity contribution in [2.75, 3.05) is 13.2 Å². The molecule has 0 aliphatic heterocycles. The van der Waals surface area contributed by atoms with Crippen molar-refractivity contribution in [2.45, 2.75) is 0 Å². The van der Waals surface area contributed by atoms with Crippen LogP contribution in [0.15, 0.2) is 46.9 Å². The quantitative estimate of drug-likeness (QED) is 0.456. The van der Waals surface area contributed by atoms with Crippen LogP contribution in [0.4, 0.5) is 4.39 Å². The zero-order valence-electron chi connectivity index (χ0n) is 9.58. The van der Waals surface area contributed by atoms with E-state index in [-0.39, 0.29) is 5.82 Å². The number of oxime groups is 1. The number of benzene rings is 1. The summed E-state index contributed by atoms with van der Waals surface area (Å²) in [5.74, 6) is 0.335. The van der Waals surface area contributed by atoms with E-state index in [0.29, 0.717) is 19.0 Å². The lowest BCUT2D eigenvalue weighted by Crippen LogP contribution is -2.04. The molecule has 0 radical (unpaired) electrons. The number of halogens is 1. The van der Waals surface area contributed by atoms with Gasteiger partial charge in [-0.15, -0.1) is 11.3 Å². The first kappa shape index (κ1) is 12.6. The van der Waals surface area contributed by atoms with Gasteiger partial charge in [0.15, 0.2) is 6.61 Å². The van der Waals surface area contributed by atoms with Crippen molar-refractivity contribution in [3.05, 3.63) is 52.5 Å². The second kappa shape index (κ2) is 6.76.